The van der Waals surface area contributed by atoms with Crippen LogP contribution in [0, 0.1) is 6.92 Å². The van der Waals surface area contributed by atoms with Crippen molar-refractivity contribution < 1.29 is 14.1 Å². The number of nitrogens with one attached hydrogen (secondary N) is 1. The van der Waals surface area contributed by atoms with Crippen molar-refractivity contribution in [2.45, 2.75) is 130 Å². The number of thiazole rings is 1. The van der Waals surface area contributed by atoms with Crippen LogP contribution < -0.4 is 14.6 Å². The van der Waals surface area contributed by atoms with E-state index >= 15 is 0 Å². The van der Waals surface area contributed by atoms with Gasteiger partial charge in [-0.1, -0.05) is 140 Å². The van der Waals surface area contributed by atoms with E-state index in [2.05, 4.69) is 79.7 Å². The van der Waals surface area contributed by atoms with Crippen LogP contribution in [0.2, 0.25) is 0 Å². The number of aromatic nitrogens is 1. The molecule has 230 valence electrons. The number of benzene rings is 2. The molecule has 1 heterocycles. The molecule has 42 heavy (non-hydrogen) atoms. The Morgan fingerprint density at radius 3 is 2.05 bits per heavy atom. The first-order valence-corrected chi connectivity index (χ1v) is 17.3. The summed E-state index contributed by atoms with van der Waals surface area (Å²) in [5.41, 5.74) is 7.48. The molecule has 0 bridgehead atoms. The summed E-state index contributed by atoms with van der Waals surface area (Å²) in [5, 5.41) is 5.24. The first-order valence-electron chi connectivity index (χ1n) is 16.3. The van der Waals surface area contributed by atoms with Crippen LogP contribution in [-0.2, 0) is 23.2 Å². The Bertz CT molecular complexity index is 1190. The number of amides is 1. The topological polar surface area (TPSA) is 42.2 Å². The molecule has 0 radical (unpaired) electrons. The third-order valence-electron chi connectivity index (χ3n) is 7.97. The Kier molecular flexibility index (Phi) is 14.6. The van der Waals surface area contributed by atoms with Gasteiger partial charge in [0.1, 0.15) is 5.75 Å². The fourth-order valence-corrected chi connectivity index (χ4v) is 6.17. The predicted octanol–water partition coefficient (Wildman–Crippen LogP) is 9.95. The molecule has 5 heteroatoms. The Labute approximate surface area is 259 Å². The maximum Gasteiger partial charge on any atom is 0.228 e. The molecule has 1 amide bonds. The van der Waals surface area contributed by atoms with Crippen LogP contribution in [0.1, 0.15) is 127 Å². The lowest BCUT2D eigenvalue weighted by molar-refractivity contribution is -0.689. The number of unbranched alkanes of at least 4 members (excludes halogenated alkanes) is 11. The van der Waals surface area contributed by atoms with Gasteiger partial charge in [-0.05, 0) is 29.5 Å². The number of para-hydroxylation sites is 1. The average molecular weight is 592 g/mol. The van der Waals surface area contributed by atoms with Crippen LogP contribution in [0.5, 0.6) is 5.75 Å². The van der Waals surface area contributed by atoms with E-state index in [1.807, 2.05) is 18.2 Å². The number of rotatable bonds is 19. The van der Waals surface area contributed by atoms with Crippen LogP contribution in [0.25, 0.3) is 0 Å². The van der Waals surface area contributed by atoms with Crippen molar-refractivity contribution in [1.82, 2.24) is 0 Å². The summed E-state index contributed by atoms with van der Waals surface area (Å²) >= 11 is 1.71. The molecular formula is C37H55N2O2S+. The lowest BCUT2D eigenvalue weighted by Gasteiger charge is -2.25. The van der Waals surface area contributed by atoms with Crippen LogP contribution in [-0.4, -0.2) is 12.5 Å². The first kappa shape index (κ1) is 33.8. The van der Waals surface area contributed by atoms with E-state index in [-0.39, 0.29) is 11.3 Å². The summed E-state index contributed by atoms with van der Waals surface area (Å²) in [7, 11) is 0. The quantitative estimate of drug-likeness (QED) is 0.111. The zero-order valence-corrected chi connectivity index (χ0v) is 27.8. The van der Waals surface area contributed by atoms with Gasteiger partial charge in [0.2, 0.25) is 11.4 Å². The molecule has 0 fully saturated rings. The number of hydrogen-bond donors (Lipinski definition) is 1. The number of carbonyl (C=O) groups excluding carboxylic acids is 1. The molecular weight excluding hydrogens is 536 g/mol. The third-order valence-corrected chi connectivity index (χ3v) is 8.82. The maximum absolute atomic E-state index is 13.1. The van der Waals surface area contributed by atoms with Gasteiger partial charge >= 0.3 is 0 Å². The lowest BCUT2D eigenvalue weighted by Crippen LogP contribution is -2.34. The molecule has 0 unspecified atom stereocenters. The Morgan fingerprint density at radius 1 is 0.857 bits per heavy atom. The number of carbonyl (C=O) groups is 1. The molecule has 0 aliphatic rings. The van der Waals surface area contributed by atoms with E-state index in [1.54, 1.807) is 11.3 Å². The highest BCUT2D eigenvalue weighted by Crippen LogP contribution is 2.35. The van der Waals surface area contributed by atoms with Crippen LogP contribution >= 0.6 is 11.3 Å². The molecule has 0 spiro atoms. The molecule has 4 nitrogen and oxygen atoms in total. The number of ether oxygens (including phenoxy) is 1. The molecule has 0 saturated carbocycles. The van der Waals surface area contributed by atoms with Crippen molar-refractivity contribution in [3.8, 4) is 5.75 Å². The van der Waals surface area contributed by atoms with Gasteiger partial charge in [-0.15, -0.1) is 0 Å². The Balaban J connectivity index is 1.46. The molecule has 3 rings (SSSR count). The van der Waals surface area contributed by atoms with Gasteiger partial charge in [-0.25, -0.2) is 0 Å². The van der Waals surface area contributed by atoms with Gasteiger partial charge in [0, 0.05) is 23.7 Å². The van der Waals surface area contributed by atoms with Crippen molar-refractivity contribution in [2.24, 2.45) is 0 Å². The molecule has 0 atom stereocenters. The van der Waals surface area contributed by atoms with Crippen LogP contribution in [0.4, 0.5) is 5.69 Å². The number of hydrogen-bond acceptors (Lipinski definition) is 3. The second-order valence-corrected chi connectivity index (χ2v) is 13.6. The number of nitrogens with zero attached hydrogens (tertiary/aromatic N) is 1. The predicted molar refractivity (Wildman–Crippen MR) is 179 cm³/mol. The number of anilines is 1. The normalized spacial score (nSPS) is 11.5. The lowest BCUT2D eigenvalue weighted by atomic mass is 9.84. The number of aryl methyl sites for hydroxylation is 1. The Morgan fingerprint density at radius 2 is 1.48 bits per heavy atom. The molecule has 0 aliphatic heterocycles. The van der Waals surface area contributed by atoms with Crippen LogP contribution in [0.3, 0.4) is 0 Å². The van der Waals surface area contributed by atoms with E-state index < -0.39 is 0 Å². The second-order valence-electron chi connectivity index (χ2n) is 12.8. The highest BCUT2D eigenvalue weighted by molar-refractivity contribution is 7.07. The maximum atomic E-state index is 13.1. The summed E-state index contributed by atoms with van der Waals surface area (Å²) < 4.78 is 8.67. The second kappa shape index (κ2) is 18.1. The highest BCUT2D eigenvalue weighted by atomic mass is 32.1. The highest BCUT2D eigenvalue weighted by Gasteiger charge is 2.22. The monoisotopic (exact) mass is 591 g/mol. The smallest absolute Gasteiger partial charge is 0.228 e. The molecule has 0 aliphatic carbocycles. The fourth-order valence-electron chi connectivity index (χ4n) is 5.39. The van der Waals surface area contributed by atoms with Gasteiger partial charge < -0.3 is 10.1 Å². The molecule has 1 aromatic heterocycles. The van der Waals surface area contributed by atoms with E-state index in [0.717, 1.165) is 35.5 Å². The fraction of sp³-hybridized carbons (Fsp3) is 0.568. The summed E-state index contributed by atoms with van der Waals surface area (Å²) in [5.74, 6) is 0.869. The van der Waals surface area contributed by atoms with Gasteiger partial charge in [0.05, 0.1) is 18.4 Å². The van der Waals surface area contributed by atoms with Gasteiger partial charge in [-0.3, -0.25) is 4.79 Å². The minimum absolute atomic E-state index is 0.0212. The van der Waals surface area contributed by atoms with E-state index in [0.29, 0.717) is 13.0 Å². The summed E-state index contributed by atoms with van der Waals surface area (Å²) in [4.78, 5) is 13.1. The van der Waals surface area contributed by atoms with E-state index in [9.17, 15) is 4.79 Å². The third kappa shape index (κ3) is 11.9. The first-order chi connectivity index (χ1) is 20.3. The molecule has 3 aromatic rings. The van der Waals surface area contributed by atoms with E-state index in [4.69, 9.17) is 4.74 Å². The SMILES string of the molecule is CCCCCCCCCCCCCCOc1c(CC(=O)Nc2ccc(C[n+]3cscc3C)cc2)cccc1C(C)(C)C. The molecule has 1 N–H and O–H groups in total. The minimum Gasteiger partial charge on any atom is -0.493 e. The zero-order chi connectivity index (χ0) is 30.2. The van der Waals surface area contributed by atoms with Crippen molar-refractivity contribution in [1.29, 1.82) is 0 Å². The molecule has 2 aromatic carbocycles. The van der Waals surface area contributed by atoms with Crippen molar-refractivity contribution in [3.05, 3.63) is 75.7 Å². The van der Waals surface area contributed by atoms with Crippen molar-refractivity contribution in [3.63, 3.8) is 0 Å². The summed E-state index contributed by atoms with van der Waals surface area (Å²) in [6.45, 7) is 12.6. The zero-order valence-electron chi connectivity index (χ0n) is 27.0. The molecule has 0 saturated heterocycles. The standard InChI is InChI=1S/C37H54N2O2S/c1-6-7-8-9-10-11-12-13-14-15-16-17-25-41-36-32(19-18-20-34(36)37(3,4)5)26-35(40)38-33-23-21-31(22-24-33)27-39-29-42-28-30(39)2/h18-24,28-29H,6-17,25-27H2,1-5H3/p+1. The van der Waals surface area contributed by atoms with Crippen molar-refractivity contribution in [2.75, 3.05) is 11.9 Å². The van der Waals surface area contributed by atoms with Crippen LogP contribution in [0.15, 0.2) is 53.4 Å². The Hall–Kier alpha value is -2.66. The summed E-state index contributed by atoms with van der Waals surface area (Å²) in [6.07, 6.45) is 16.2. The summed E-state index contributed by atoms with van der Waals surface area (Å²) in [6, 6.07) is 14.4. The van der Waals surface area contributed by atoms with E-state index in [1.165, 1.54) is 81.9 Å². The van der Waals surface area contributed by atoms with Gasteiger partial charge in [0.15, 0.2) is 12.2 Å². The van der Waals surface area contributed by atoms with Gasteiger partial charge in [-0.2, -0.15) is 4.57 Å². The minimum atomic E-state index is -0.0625. The van der Waals surface area contributed by atoms with Crippen molar-refractivity contribution >= 4 is 22.9 Å². The van der Waals surface area contributed by atoms with Gasteiger partial charge in [0.25, 0.3) is 0 Å². The average Bonchev–Trinajstić information content (AvgIpc) is 3.36. The largest absolute Gasteiger partial charge is 0.493 e.